The van der Waals surface area contributed by atoms with Gasteiger partial charge >= 0.3 is 5.97 Å². The molecule has 0 N–H and O–H groups in total. The van der Waals surface area contributed by atoms with Gasteiger partial charge in [0.15, 0.2) is 5.56 Å². The molecule has 0 fully saturated rings. The van der Waals surface area contributed by atoms with Gasteiger partial charge in [-0.2, -0.15) is 0 Å². The number of halogens is 3. The summed E-state index contributed by atoms with van der Waals surface area (Å²) in [5.41, 5.74) is -0.667. The Morgan fingerprint density at radius 2 is 2.36 bits per heavy atom. The first kappa shape index (κ1) is 11.5. The summed E-state index contributed by atoms with van der Waals surface area (Å²) in [5, 5.41) is 0.617. The lowest BCUT2D eigenvalue weighted by Crippen LogP contribution is -2.21. The largest absolute Gasteiger partial charge is 0.442 e. The van der Waals surface area contributed by atoms with Crippen LogP contribution in [-0.2, 0) is 9.53 Å². The molecule has 5 heteroatoms. The van der Waals surface area contributed by atoms with Crippen LogP contribution >= 0.6 is 43.5 Å². The number of carbonyl (C=O) groups is 1. The molecule has 11 heavy (non-hydrogen) atoms. The first-order valence-corrected chi connectivity index (χ1v) is 5.26. The van der Waals surface area contributed by atoms with E-state index < -0.39 is 11.5 Å². The average Bonchev–Trinajstić information content (AvgIpc) is 2.02. The number of hydrogen-bond donors (Lipinski definition) is 0. The Labute approximate surface area is 87.2 Å². The molecular formula is C6H7Br2ClO2. The van der Waals surface area contributed by atoms with Crippen molar-refractivity contribution in [2.75, 3.05) is 5.33 Å². The molecule has 0 saturated carbocycles. The minimum absolute atomic E-state index is 0.0898. The Bertz CT molecular complexity index is 152. The summed E-state index contributed by atoms with van der Waals surface area (Å²) in [7, 11) is 0. The van der Waals surface area contributed by atoms with Crippen LogP contribution in [0.15, 0.2) is 12.7 Å². The van der Waals surface area contributed by atoms with Crippen LogP contribution in [0.3, 0.4) is 0 Å². The molecular weight excluding hydrogens is 299 g/mol. The monoisotopic (exact) mass is 304 g/mol. The minimum Gasteiger partial charge on any atom is -0.442 e. The fourth-order valence-corrected chi connectivity index (χ4v) is 1.14. The summed E-state index contributed by atoms with van der Waals surface area (Å²) in [6, 6.07) is 0. The van der Waals surface area contributed by atoms with Crippen molar-refractivity contribution in [1.82, 2.24) is 0 Å². The van der Waals surface area contributed by atoms with Gasteiger partial charge in [-0.3, -0.25) is 0 Å². The predicted octanol–water partition coefficient (Wildman–Crippen LogP) is 2.44. The molecule has 2 nitrogen and oxygen atoms in total. The van der Waals surface area contributed by atoms with Crippen molar-refractivity contribution >= 4 is 49.4 Å². The second kappa shape index (κ2) is 6.03. The van der Waals surface area contributed by atoms with E-state index in [2.05, 4.69) is 43.2 Å². The number of alkyl halides is 3. The average molecular weight is 306 g/mol. The fourth-order valence-electron chi connectivity index (χ4n) is 0.303. The van der Waals surface area contributed by atoms with Crippen molar-refractivity contribution in [3.05, 3.63) is 12.7 Å². The SMILES string of the molecule is C=CC(=O)OC(Cl)C(Br)CBr. The quantitative estimate of drug-likeness (QED) is 0.453. The maximum atomic E-state index is 10.6. The zero-order valence-corrected chi connectivity index (χ0v) is 9.52. The first-order valence-electron chi connectivity index (χ1n) is 2.79. The van der Waals surface area contributed by atoms with Crippen molar-refractivity contribution in [2.24, 2.45) is 0 Å². The summed E-state index contributed by atoms with van der Waals surface area (Å²) >= 11 is 12.0. The van der Waals surface area contributed by atoms with Crippen LogP contribution in [-0.4, -0.2) is 21.7 Å². The van der Waals surface area contributed by atoms with Crippen LogP contribution in [0.5, 0.6) is 0 Å². The molecule has 0 bridgehead atoms. The topological polar surface area (TPSA) is 26.3 Å². The van der Waals surface area contributed by atoms with Gasteiger partial charge in [0, 0.05) is 11.4 Å². The molecule has 0 rings (SSSR count). The van der Waals surface area contributed by atoms with Crippen LogP contribution in [0.1, 0.15) is 0 Å². The van der Waals surface area contributed by atoms with E-state index in [1.807, 2.05) is 0 Å². The van der Waals surface area contributed by atoms with Crippen molar-refractivity contribution in [2.45, 2.75) is 10.4 Å². The highest BCUT2D eigenvalue weighted by molar-refractivity contribution is 9.12. The summed E-state index contributed by atoms with van der Waals surface area (Å²) in [4.78, 5) is 10.5. The zero-order valence-electron chi connectivity index (χ0n) is 5.60. The molecule has 0 saturated heterocycles. The summed E-state index contributed by atoms with van der Waals surface area (Å²) in [6.07, 6.45) is 1.07. The van der Waals surface area contributed by atoms with Crippen molar-refractivity contribution in [1.29, 1.82) is 0 Å². The van der Waals surface area contributed by atoms with Gasteiger partial charge < -0.3 is 4.74 Å². The van der Waals surface area contributed by atoms with Gasteiger partial charge in [-0.05, 0) is 0 Å². The highest BCUT2D eigenvalue weighted by atomic mass is 79.9. The second-order valence-corrected chi connectivity index (χ2v) is 3.92. The molecule has 2 atom stereocenters. The van der Waals surface area contributed by atoms with E-state index in [-0.39, 0.29) is 4.83 Å². The Hall–Kier alpha value is 0.460. The molecule has 64 valence electrons. The van der Waals surface area contributed by atoms with Crippen molar-refractivity contribution in [3.8, 4) is 0 Å². The van der Waals surface area contributed by atoms with Gasteiger partial charge in [0.1, 0.15) is 0 Å². The van der Waals surface area contributed by atoms with Gasteiger partial charge in [-0.25, -0.2) is 4.79 Å². The molecule has 0 radical (unpaired) electrons. The highest BCUT2D eigenvalue weighted by Crippen LogP contribution is 2.15. The van der Waals surface area contributed by atoms with E-state index in [9.17, 15) is 4.79 Å². The third-order valence-electron chi connectivity index (χ3n) is 0.827. The lowest BCUT2D eigenvalue weighted by molar-refractivity contribution is -0.139. The molecule has 0 heterocycles. The van der Waals surface area contributed by atoms with E-state index in [1.165, 1.54) is 0 Å². The molecule has 0 spiro atoms. The van der Waals surface area contributed by atoms with Crippen LogP contribution in [0.2, 0.25) is 0 Å². The fraction of sp³-hybridized carbons (Fsp3) is 0.500. The van der Waals surface area contributed by atoms with Crippen molar-refractivity contribution < 1.29 is 9.53 Å². The van der Waals surface area contributed by atoms with Crippen LogP contribution in [0.25, 0.3) is 0 Å². The Balaban J connectivity index is 3.76. The number of hydrogen-bond acceptors (Lipinski definition) is 2. The standard InChI is InChI=1S/C6H7Br2ClO2/c1-2-5(10)11-6(9)4(8)3-7/h2,4,6H,1,3H2. The highest BCUT2D eigenvalue weighted by Gasteiger charge is 2.17. The molecule has 0 aromatic carbocycles. The van der Waals surface area contributed by atoms with Crippen LogP contribution < -0.4 is 0 Å². The maximum Gasteiger partial charge on any atom is 0.331 e. The van der Waals surface area contributed by atoms with Gasteiger partial charge in [0.2, 0.25) is 0 Å². The smallest absolute Gasteiger partial charge is 0.331 e. The lowest BCUT2D eigenvalue weighted by Gasteiger charge is -2.12. The second-order valence-electron chi connectivity index (χ2n) is 1.66. The van der Waals surface area contributed by atoms with E-state index in [0.717, 1.165) is 6.08 Å². The number of carbonyl (C=O) groups excluding carboxylic acids is 1. The molecule has 0 amide bonds. The first-order chi connectivity index (χ1) is 5.11. The molecule has 0 aromatic heterocycles. The van der Waals surface area contributed by atoms with Gasteiger partial charge in [0.25, 0.3) is 0 Å². The third-order valence-corrected chi connectivity index (χ3v) is 3.90. The molecule has 0 aliphatic rings. The zero-order chi connectivity index (χ0) is 8.85. The Morgan fingerprint density at radius 1 is 1.82 bits per heavy atom. The number of ether oxygens (including phenoxy) is 1. The minimum atomic E-state index is -0.667. The maximum absolute atomic E-state index is 10.6. The molecule has 0 aliphatic heterocycles. The van der Waals surface area contributed by atoms with Gasteiger partial charge in [0.05, 0.1) is 4.83 Å². The Kier molecular flexibility index (Phi) is 6.28. The van der Waals surface area contributed by atoms with E-state index in [0.29, 0.717) is 5.33 Å². The summed E-state index contributed by atoms with van der Waals surface area (Å²) in [6.45, 7) is 3.24. The summed E-state index contributed by atoms with van der Waals surface area (Å²) < 4.78 is 4.68. The number of esters is 1. The lowest BCUT2D eigenvalue weighted by atomic mass is 10.5. The van der Waals surface area contributed by atoms with Gasteiger partial charge in [-0.1, -0.05) is 50.0 Å². The van der Waals surface area contributed by atoms with E-state index in [4.69, 9.17) is 11.6 Å². The molecule has 0 aliphatic carbocycles. The van der Waals surface area contributed by atoms with E-state index in [1.54, 1.807) is 0 Å². The van der Waals surface area contributed by atoms with E-state index >= 15 is 0 Å². The molecule has 2 unspecified atom stereocenters. The predicted molar refractivity (Wildman–Crippen MR) is 52.4 cm³/mol. The number of rotatable bonds is 4. The van der Waals surface area contributed by atoms with Gasteiger partial charge in [-0.15, -0.1) is 0 Å². The van der Waals surface area contributed by atoms with Crippen LogP contribution in [0.4, 0.5) is 0 Å². The van der Waals surface area contributed by atoms with Crippen molar-refractivity contribution in [3.63, 3.8) is 0 Å². The third kappa shape index (κ3) is 4.82. The Morgan fingerprint density at radius 3 is 2.73 bits per heavy atom. The van der Waals surface area contributed by atoms with Crippen LogP contribution in [0, 0.1) is 0 Å². The summed E-state index contributed by atoms with van der Waals surface area (Å²) in [5.74, 6) is -0.518. The molecule has 0 aromatic rings. The normalized spacial score (nSPS) is 15.2.